The first-order chi connectivity index (χ1) is 17.8. The van der Waals surface area contributed by atoms with Gasteiger partial charge in [-0.25, -0.2) is 0 Å². The average molecular weight is 500 g/mol. The van der Waals surface area contributed by atoms with Gasteiger partial charge in [0.05, 0.1) is 12.8 Å². The van der Waals surface area contributed by atoms with E-state index in [1.807, 2.05) is 41.2 Å². The molecule has 0 aliphatic heterocycles. The number of hydrogen-bond donors (Lipinski definition) is 2. The lowest BCUT2D eigenvalue weighted by Crippen LogP contribution is -2.18. The van der Waals surface area contributed by atoms with E-state index in [0.29, 0.717) is 16.8 Å². The highest BCUT2D eigenvalue weighted by atomic mass is 16.5. The minimum atomic E-state index is -0.164. The molecule has 37 heavy (non-hydrogen) atoms. The van der Waals surface area contributed by atoms with Crippen molar-refractivity contribution in [3.05, 3.63) is 81.9 Å². The molecule has 0 saturated heterocycles. The number of H-pyrrole nitrogens is 1. The van der Waals surface area contributed by atoms with Crippen molar-refractivity contribution in [1.82, 2.24) is 23.9 Å². The van der Waals surface area contributed by atoms with Crippen molar-refractivity contribution < 1.29 is 9.84 Å². The Morgan fingerprint density at radius 1 is 0.973 bits per heavy atom. The fraction of sp³-hybridized carbons (Fsp3) is 0.250. The van der Waals surface area contributed by atoms with Crippen molar-refractivity contribution in [2.24, 2.45) is 14.1 Å². The number of rotatable bonds is 7. The average Bonchev–Trinajstić information content (AvgIpc) is 3.55. The van der Waals surface area contributed by atoms with Crippen molar-refractivity contribution in [2.75, 3.05) is 13.2 Å². The molecule has 0 spiro atoms. The molecule has 4 heterocycles. The van der Waals surface area contributed by atoms with E-state index in [2.05, 4.69) is 23.9 Å². The monoisotopic (exact) mass is 499 g/mol. The second kappa shape index (κ2) is 9.59. The molecule has 5 aromatic rings. The van der Waals surface area contributed by atoms with Crippen LogP contribution in [0.15, 0.2) is 70.8 Å². The lowest BCUT2D eigenvalue weighted by atomic mass is 9.95. The molecule has 5 rings (SSSR count). The Bertz CT molecular complexity index is 1720. The Morgan fingerprint density at radius 2 is 1.76 bits per heavy atom. The van der Waals surface area contributed by atoms with E-state index in [-0.39, 0.29) is 30.4 Å². The number of aliphatic hydroxyl groups is 1. The van der Waals surface area contributed by atoms with Crippen LogP contribution in [0.4, 0.5) is 0 Å². The second-order valence-corrected chi connectivity index (χ2v) is 9.38. The maximum absolute atomic E-state index is 13.1. The molecule has 9 nitrogen and oxygen atoms in total. The molecule has 0 aliphatic rings. The first-order valence-electron chi connectivity index (χ1n) is 12.1. The molecule has 0 unspecified atom stereocenters. The highest BCUT2D eigenvalue weighted by molar-refractivity contribution is 6.00. The molecule has 0 fully saturated rings. The van der Waals surface area contributed by atoms with Crippen LogP contribution < -0.4 is 15.9 Å². The van der Waals surface area contributed by atoms with Crippen LogP contribution in [0, 0.1) is 0 Å². The quantitative estimate of drug-likeness (QED) is 0.355. The number of aromatic amines is 1. The summed E-state index contributed by atoms with van der Waals surface area (Å²) < 4.78 is 10.5. The molecule has 9 heteroatoms. The molecule has 0 radical (unpaired) electrons. The number of fused-ring (bicyclic) bond motifs is 1. The van der Waals surface area contributed by atoms with Gasteiger partial charge in [-0.1, -0.05) is 12.1 Å². The summed E-state index contributed by atoms with van der Waals surface area (Å²) in [5.41, 5.74) is 4.89. The third-order valence-electron chi connectivity index (χ3n) is 6.43. The molecule has 0 saturated carbocycles. The number of aryl methyl sites for hydroxylation is 2. The van der Waals surface area contributed by atoms with Gasteiger partial charge >= 0.3 is 0 Å². The van der Waals surface area contributed by atoms with Gasteiger partial charge in [0, 0.05) is 72.6 Å². The van der Waals surface area contributed by atoms with Gasteiger partial charge in [-0.3, -0.25) is 14.3 Å². The number of nitrogens with zero attached hydrogens (tertiary/aromatic N) is 4. The summed E-state index contributed by atoms with van der Waals surface area (Å²) in [6.45, 7) is 4.20. The van der Waals surface area contributed by atoms with Crippen molar-refractivity contribution in [1.29, 1.82) is 0 Å². The SMILES string of the molecule is CC(C)n1cc(-c2cc3c(-c4cc(=O)n(C)cc4-c4cccc(OCCO)c4)cn(C)c(=O)c3[nH]2)cn1. The number of pyridine rings is 2. The van der Waals surface area contributed by atoms with Gasteiger partial charge in [0.1, 0.15) is 17.9 Å². The summed E-state index contributed by atoms with van der Waals surface area (Å²) in [7, 11) is 3.41. The number of hydrogen-bond acceptors (Lipinski definition) is 5. The van der Waals surface area contributed by atoms with E-state index in [0.717, 1.165) is 33.3 Å². The van der Waals surface area contributed by atoms with Crippen LogP contribution in [-0.2, 0) is 14.1 Å². The Hall–Kier alpha value is -4.37. The molecule has 4 aromatic heterocycles. The van der Waals surface area contributed by atoms with Gasteiger partial charge in [-0.15, -0.1) is 0 Å². The van der Waals surface area contributed by atoms with Gasteiger partial charge in [-0.2, -0.15) is 5.10 Å². The third kappa shape index (κ3) is 4.49. The molecule has 1 aromatic carbocycles. The predicted molar refractivity (Wildman–Crippen MR) is 144 cm³/mol. The number of ether oxygens (including phenoxy) is 1. The summed E-state index contributed by atoms with van der Waals surface area (Å²) in [5, 5.41) is 14.3. The number of nitrogens with one attached hydrogen (secondary N) is 1. The van der Waals surface area contributed by atoms with Crippen LogP contribution in [0.1, 0.15) is 19.9 Å². The number of benzene rings is 1. The summed E-state index contributed by atoms with van der Waals surface area (Å²) in [6, 6.07) is 11.3. The van der Waals surface area contributed by atoms with Crippen molar-refractivity contribution in [3.63, 3.8) is 0 Å². The fourth-order valence-corrected chi connectivity index (χ4v) is 4.46. The molecular weight excluding hydrogens is 470 g/mol. The number of aromatic nitrogens is 5. The molecule has 0 aliphatic carbocycles. The van der Waals surface area contributed by atoms with Gasteiger partial charge in [-0.05, 0) is 43.2 Å². The van der Waals surface area contributed by atoms with E-state index in [9.17, 15) is 9.59 Å². The zero-order valence-electron chi connectivity index (χ0n) is 21.2. The maximum Gasteiger partial charge on any atom is 0.274 e. The van der Waals surface area contributed by atoms with Crippen LogP contribution in [0.3, 0.4) is 0 Å². The number of aliphatic hydroxyl groups excluding tert-OH is 1. The Kier molecular flexibility index (Phi) is 6.31. The third-order valence-corrected chi connectivity index (χ3v) is 6.43. The van der Waals surface area contributed by atoms with E-state index in [1.54, 1.807) is 38.8 Å². The Morgan fingerprint density at radius 3 is 2.49 bits per heavy atom. The summed E-state index contributed by atoms with van der Waals surface area (Å²) in [6.07, 6.45) is 7.28. The first-order valence-corrected chi connectivity index (χ1v) is 12.1. The molecule has 0 bridgehead atoms. The summed E-state index contributed by atoms with van der Waals surface area (Å²) in [4.78, 5) is 29.2. The maximum atomic E-state index is 13.1. The second-order valence-electron chi connectivity index (χ2n) is 9.38. The molecular formula is C28H29N5O4. The predicted octanol–water partition coefficient (Wildman–Crippen LogP) is 3.71. The Balaban J connectivity index is 1.74. The van der Waals surface area contributed by atoms with Crippen molar-refractivity contribution >= 4 is 10.9 Å². The molecule has 0 atom stereocenters. The first kappa shape index (κ1) is 24.3. The normalized spacial score (nSPS) is 11.5. The van der Waals surface area contributed by atoms with Crippen LogP contribution in [0.2, 0.25) is 0 Å². The minimum Gasteiger partial charge on any atom is -0.491 e. The van der Waals surface area contributed by atoms with Gasteiger partial charge < -0.3 is 24.0 Å². The van der Waals surface area contributed by atoms with Gasteiger partial charge in [0.2, 0.25) is 0 Å². The molecule has 2 N–H and O–H groups in total. The highest BCUT2D eigenvalue weighted by Crippen LogP contribution is 2.37. The topological polar surface area (TPSA) is 107 Å². The van der Waals surface area contributed by atoms with E-state index >= 15 is 0 Å². The van der Waals surface area contributed by atoms with Gasteiger partial charge in [0.25, 0.3) is 11.1 Å². The lowest BCUT2D eigenvalue weighted by Gasteiger charge is -2.15. The fourth-order valence-electron chi connectivity index (χ4n) is 4.46. The minimum absolute atomic E-state index is 0.0861. The summed E-state index contributed by atoms with van der Waals surface area (Å²) in [5.74, 6) is 0.614. The van der Waals surface area contributed by atoms with Gasteiger partial charge in [0.15, 0.2) is 0 Å². The lowest BCUT2D eigenvalue weighted by molar-refractivity contribution is 0.201. The van der Waals surface area contributed by atoms with Crippen molar-refractivity contribution in [2.45, 2.75) is 19.9 Å². The van der Waals surface area contributed by atoms with Crippen molar-refractivity contribution in [3.8, 4) is 39.3 Å². The van der Waals surface area contributed by atoms with Crippen LogP contribution in [0.25, 0.3) is 44.4 Å². The smallest absolute Gasteiger partial charge is 0.274 e. The zero-order chi connectivity index (χ0) is 26.3. The summed E-state index contributed by atoms with van der Waals surface area (Å²) >= 11 is 0. The van der Waals surface area contributed by atoms with Crippen LogP contribution in [-0.4, -0.2) is 42.2 Å². The standard InChI is InChI=1S/C28H29N5O4/c1-17(2)33-14-19(13-29-33)25-11-22-24(16-32(4)28(36)27(22)30-25)21-12-26(35)31(3)15-23(21)18-6-5-7-20(10-18)37-9-8-34/h5-7,10-17,30,34H,8-9H2,1-4H3. The highest BCUT2D eigenvalue weighted by Gasteiger charge is 2.19. The molecule has 190 valence electrons. The Labute approximate surface area is 213 Å². The zero-order valence-corrected chi connectivity index (χ0v) is 21.2. The van der Waals surface area contributed by atoms with E-state index in [4.69, 9.17) is 9.84 Å². The van der Waals surface area contributed by atoms with E-state index < -0.39 is 0 Å². The van der Waals surface area contributed by atoms with Crippen LogP contribution in [0.5, 0.6) is 5.75 Å². The van der Waals surface area contributed by atoms with Crippen LogP contribution >= 0.6 is 0 Å². The molecule has 0 amide bonds. The van der Waals surface area contributed by atoms with E-state index in [1.165, 1.54) is 9.13 Å². The largest absolute Gasteiger partial charge is 0.491 e.